The van der Waals surface area contributed by atoms with Crippen molar-refractivity contribution < 1.29 is 28.6 Å². The topological polar surface area (TPSA) is 82.1 Å². The van der Waals surface area contributed by atoms with Gasteiger partial charge in [-0.3, -0.25) is 14.4 Å². The van der Waals surface area contributed by atoms with E-state index in [1.807, 2.05) is 0 Å². The van der Waals surface area contributed by atoms with Gasteiger partial charge in [-0.05, 0) is 55.8 Å². The summed E-state index contributed by atoms with van der Waals surface area (Å²) in [5, 5.41) is 0.635. The predicted molar refractivity (Wildman–Crippen MR) is 116 cm³/mol. The van der Waals surface area contributed by atoms with Gasteiger partial charge in [-0.2, -0.15) is 0 Å². The molecule has 2 aromatic rings. The van der Waals surface area contributed by atoms with Crippen LogP contribution in [0.2, 0.25) is 5.02 Å². The number of hydrogen-bond donors (Lipinski definition) is 0. The number of benzene rings is 2. The summed E-state index contributed by atoms with van der Waals surface area (Å²) < 4.78 is 16.0. The number of esters is 1. The number of carbonyl (C=O) groups is 3. The first-order chi connectivity index (χ1) is 15.0. The molecular weight excluding hydrogens is 422 g/mol. The molecule has 0 spiro atoms. The van der Waals surface area contributed by atoms with Crippen LogP contribution in [0.4, 0.5) is 5.69 Å². The Morgan fingerprint density at radius 3 is 2.65 bits per heavy atom. The number of carbonyl (C=O) groups excluding carboxylic acids is 3. The average molecular weight is 446 g/mol. The van der Waals surface area contributed by atoms with Crippen molar-refractivity contribution in [2.45, 2.75) is 26.2 Å². The fourth-order valence-corrected chi connectivity index (χ4v) is 3.28. The Balaban J connectivity index is 1.61. The van der Waals surface area contributed by atoms with Crippen LogP contribution in [0.5, 0.6) is 11.5 Å². The van der Waals surface area contributed by atoms with E-state index in [0.29, 0.717) is 47.3 Å². The number of ketones is 1. The molecule has 2 aromatic carbocycles. The fraction of sp³-hybridized carbons (Fsp3) is 0.348. The van der Waals surface area contributed by atoms with Crippen LogP contribution in [0.3, 0.4) is 0 Å². The van der Waals surface area contributed by atoms with Crippen LogP contribution in [0, 0.1) is 0 Å². The van der Waals surface area contributed by atoms with Crippen LogP contribution < -0.4 is 14.4 Å². The van der Waals surface area contributed by atoms with Gasteiger partial charge in [-0.15, -0.1) is 0 Å². The highest BCUT2D eigenvalue weighted by atomic mass is 35.5. The predicted octanol–water partition coefficient (Wildman–Crippen LogP) is 4.06. The van der Waals surface area contributed by atoms with E-state index in [1.165, 1.54) is 0 Å². The Hall–Kier alpha value is -3.06. The van der Waals surface area contributed by atoms with Gasteiger partial charge in [0.15, 0.2) is 12.4 Å². The molecule has 3 rings (SSSR count). The lowest BCUT2D eigenvalue weighted by atomic mass is 10.0. The standard InChI is InChI=1S/C23H24ClNO6/c1-2-29-23(28)11-9-20(26)16-4-10-21-19(14-16)25(22(27)15-31-21)12-3-13-30-18-7-5-17(24)6-8-18/h4-8,10,14H,2-3,9,11-13,15H2,1H3. The zero-order valence-electron chi connectivity index (χ0n) is 17.3. The van der Waals surface area contributed by atoms with Crippen LogP contribution in [-0.2, 0) is 14.3 Å². The Bertz CT molecular complexity index is 944. The molecule has 0 bridgehead atoms. The van der Waals surface area contributed by atoms with Gasteiger partial charge in [0.2, 0.25) is 0 Å². The van der Waals surface area contributed by atoms with Crippen molar-refractivity contribution in [1.82, 2.24) is 0 Å². The first-order valence-corrected chi connectivity index (χ1v) is 10.5. The number of amides is 1. The maximum Gasteiger partial charge on any atom is 0.306 e. The molecule has 1 aliphatic heterocycles. The van der Waals surface area contributed by atoms with Gasteiger partial charge in [-0.1, -0.05) is 11.6 Å². The fourth-order valence-electron chi connectivity index (χ4n) is 3.16. The van der Waals surface area contributed by atoms with Crippen LogP contribution in [-0.4, -0.2) is 44.0 Å². The van der Waals surface area contributed by atoms with Gasteiger partial charge in [-0.25, -0.2) is 0 Å². The van der Waals surface area contributed by atoms with Crippen molar-refractivity contribution in [3.05, 3.63) is 53.1 Å². The minimum absolute atomic E-state index is 0.0188. The number of hydrogen-bond acceptors (Lipinski definition) is 6. The molecule has 0 saturated carbocycles. The minimum Gasteiger partial charge on any atom is -0.494 e. The summed E-state index contributed by atoms with van der Waals surface area (Å²) in [6, 6.07) is 12.0. The molecule has 0 saturated heterocycles. The number of Topliss-reactive ketones (excluding diaryl/α,β-unsaturated/α-hetero) is 1. The zero-order chi connectivity index (χ0) is 22.2. The summed E-state index contributed by atoms with van der Waals surface area (Å²) in [4.78, 5) is 38.0. The number of nitrogens with zero attached hydrogens (tertiary/aromatic N) is 1. The average Bonchev–Trinajstić information content (AvgIpc) is 2.77. The number of halogens is 1. The summed E-state index contributed by atoms with van der Waals surface area (Å²) in [5.74, 6) is 0.456. The SMILES string of the molecule is CCOC(=O)CCC(=O)c1ccc2c(c1)N(CCCOc1ccc(Cl)cc1)C(=O)CO2. The number of anilines is 1. The quantitative estimate of drug-likeness (QED) is 0.311. The zero-order valence-corrected chi connectivity index (χ0v) is 18.0. The summed E-state index contributed by atoms with van der Waals surface area (Å²) >= 11 is 5.86. The highest BCUT2D eigenvalue weighted by molar-refractivity contribution is 6.30. The molecule has 164 valence electrons. The van der Waals surface area contributed by atoms with E-state index < -0.39 is 5.97 Å². The molecular formula is C23H24ClNO6. The summed E-state index contributed by atoms with van der Waals surface area (Å²) in [6.07, 6.45) is 0.654. The number of ether oxygens (including phenoxy) is 3. The molecule has 0 fully saturated rings. The van der Waals surface area contributed by atoms with Crippen LogP contribution >= 0.6 is 11.6 Å². The third-order valence-electron chi connectivity index (χ3n) is 4.69. The van der Waals surface area contributed by atoms with Crippen LogP contribution in [0.25, 0.3) is 0 Å². The molecule has 0 unspecified atom stereocenters. The molecule has 0 N–H and O–H groups in total. The molecule has 0 radical (unpaired) electrons. The van der Waals surface area contributed by atoms with E-state index in [0.717, 1.165) is 0 Å². The van der Waals surface area contributed by atoms with E-state index in [2.05, 4.69) is 0 Å². The normalized spacial score (nSPS) is 12.7. The Kier molecular flexibility index (Phi) is 7.89. The number of fused-ring (bicyclic) bond motifs is 1. The first kappa shape index (κ1) is 22.6. The van der Waals surface area contributed by atoms with Gasteiger partial charge in [0.25, 0.3) is 5.91 Å². The first-order valence-electron chi connectivity index (χ1n) is 10.1. The highest BCUT2D eigenvalue weighted by Crippen LogP contribution is 2.33. The van der Waals surface area contributed by atoms with E-state index in [9.17, 15) is 14.4 Å². The third-order valence-corrected chi connectivity index (χ3v) is 4.95. The van der Waals surface area contributed by atoms with Crippen molar-refractivity contribution in [2.24, 2.45) is 0 Å². The minimum atomic E-state index is -0.408. The lowest BCUT2D eigenvalue weighted by Gasteiger charge is -2.29. The Morgan fingerprint density at radius 2 is 1.90 bits per heavy atom. The summed E-state index contributed by atoms with van der Waals surface area (Å²) in [6.45, 7) is 2.78. The molecule has 0 aliphatic carbocycles. The monoisotopic (exact) mass is 445 g/mol. The summed E-state index contributed by atoms with van der Waals surface area (Å²) in [5.41, 5.74) is 0.966. The van der Waals surface area contributed by atoms with Crippen molar-refractivity contribution in [2.75, 3.05) is 31.3 Å². The lowest BCUT2D eigenvalue weighted by molar-refractivity contribution is -0.143. The lowest BCUT2D eigenvalue weighted by Crippen LogP contribution is -2.40. The maximum absolute atomic E-state index is 12.5. The van der Waals surface area contributed by atoms with Gasteiger partial charge in [0, 0.05) is 23.6 Å². The van der Waals surface area contributed by atoms with Crippen LogP contribution in [0.1, 0.15) is 36.5 Å². The van der Waals surface area contributed by atoms with Gasteiger partial charge in [0.05, 0.1) is 25.3 Å². The van der Waals surface area contributed by atoms with Gasteiger partial charge >= 0.3 is 5.97 Å². The molecule has 8 heteroatoms. The van der Waals surface area contributed by atoms with E-state index >= 15 is 0 Å². The highest BCUT2D eigenvalue weighted by Gasteiger charge is 2.26. The second-order valence-electron chi connectivity index (χ2n) is 6.90. The van der Waals surface area contributed by atoms with E-state index in [4.69, 9.17) is 25.8 Å². The second-order valence-corrected chi connectivity index (χ2v) is 7.34. The smallest absolute Gasteiger partial charge is 0.306 e. The Labute approximate surface area is 185 Å². The van der Waals surface area contributed by atoms with Crippen LogP contribution in [0.15, 0.2) is 42.5 Å². The largest absolute Gasteiger partial charge is 0.494 e. The summed E-state index contributed by atoms with van der Waals surface area (Å²) in [7, 11) is 0. The molecule has 7 nitrogen and oxygen atoms in total. The molecule has 0 aromatic heterocycles. The molecule has 1 aliphatic rings. The third kappa shape index (κ3) is 6.21. The van der Waals surface area contributed by atoms with Crippen molar-refractivity contribution in [1.29, 1.82) is 0 Å². The molecule has 1 amide bonds. The molecule has 1 heterocycles. The second kappa shape index (κ2) is 10.8. The van der Waals surface area contributed by atoms with Crippen molar-refractivity contribution in [3.8, 4) is 11.5 Å². The van der Waals surface area contributed by atoms with Crippen molar-refractivity contribution >= 4 is 34.9 Å². The maximum atomic E-state index is 12.5. The molecule has 0 atom stereocenters. The van der Waals surface area contributed by atoms with Gasteiger partial charge < -0.3 is 19.1 Å². The van der Waals surface area contributed by atoms with E-state index in [-0.39, 0.29) is 37.7 Å². The van der Waals surface area contributed by atoms with Crippen molar-refractivity contribution in [3.63, 3.8) is 0 Å². The van der Waals surface area contributed by atoms with E-state index in [1.54, 1.807) is 54.3 Å². The Morgan fingerprint density at radius 1 is 1.13 bits per heavy atom. The number of rotatable bonds is 10. The molecule has 31 heavy (non-hydrogen) atoms. The van der Waals surface area contributed by atoms with Gasteiger partial charge in [0.1, 0.15) is 11.5 Å².